The van der Waals surface area contributed by atoms with Crippen LogP contribution < -0.4 is 0 Å². The molecule has 100 valence electrons. The van der Waals surface area contributed by atoms with Gasteiger partial charge < -0.3 is 4.74 Å². The van der Waals surface area contributed by atoms with Crippen molar-refractivity contribution in [3.8, 4) is 0 Å². The van der Waals surface area contributed by atoms with E-state index >= 15 is 0 Å². The van der Waals surface area contributed by atoms with Crippen molar-refractivity contribution in [3.63, 3.8) is 0 Å². The number of aryl methyl sites for hydroxylation is 1. The average Bonchev–Trinajstić information content (AvgIpc) is 2.41. The van der Waals surface area contributed by atoms with E-state index in [0.29, 0.717) is 6.61 Å². The summed E-state index contributed by atoms with van der Waals surface area (Å²) in [5.41, 5.74) is 3.77. The summed E-state index contributed by atoms with van der Waals surface area (Å²) < 4.78 is 8.12. The van der Waals surface area contributed by atoms with Gasteiger partial charge in [0, 0.05) is 8.90 Å². The summed E-state index contributed by atoms with van der Waals surface area (Å²) in [4.78, 5) is 0. The Morgan fingerprint density at radius 3 is 2.63 bits per heavy atom. The largest absolute Gasteiger partial charge is 0.368 e. The third-order valence-corrected chi connectivity index (χ3v) is 4.31. The van der Waals surface area contributed by atoms with Crippen molar-refractivity contribution in [1.29, 1.82) is 0 Å². The number of hydrogen-bond acceptors (Lipinski definition) is 1. The number of hydrogen-bond donors (Lipinski definition) is 0. The molecule has 0 N–H and O–H groups in total. The van der Waals surface area contributed by atoms with Crippen LogP contribution in [0, 0.1) is 6.92 Å². The fourth-order valence-electron chi connectivity index (χ4n) is 1.99. The molecular formula is C16H16BrIO. The first kappa shape index (κ1) is 15.0. The van der Waals surface area contributed by atoms with Crippen molar-refractivity contribution in [3.05, 3.63) is 69.7 Å². The first-order valence-electron chi connectivity index (χ1n) is 6.18. The molecule has 19 heavy (non-hydrogen) atoms. The van der Waals surface area contributed by atoms with Crippen molar-refractivity contribution in [1.82, 2.24) is 0 Å². The Labute approximate surface area is 136 Å². The minimum absolute atomic E-state index is 0.154. The number of ether oxygens (including phenoxy) is 1. The average molecular weight is 431 g/mol. The molecule has 1 nitrogen and oxygen atoms in total. The zero-order valence-corrected chi connectivity index (χ0v) is 14.5. The lowest BCUT2D eigenvalue weighted by Gasteiger charge is -2.18. The fourth-order valence-corrected chi connectivity index (χ4v) is 3.16. The molecule has 0 fully saturated rings. The molecule has 0 bridgehead atoms. The molecule has 0 spiro atoms. The highest BCUT2D eigenvalue weighted by atomic mass is 127. The fraction of sp³-hybridized carbons (Fsp3) is 0.250. The first-order valence-corrected chi connectivity index (χ1v) is 8.50. The standard InChI is InChI=1S/C16H16BrIO/c1-12-5-2-3-8-15(12)16(10-18)19-11-13-6-4-7-14(17)9-13/h2-9,16H,10-11H2,1H3. The van der Waals surface area contributed by atoms with E-state index in [-0.39, 0.29) is 6.10 Å². The molecule has 1 atom stereocenters. The topological polar surface area (TPSA) is 9.23 Å². The van der Waals surface area contributed by atoms with E-state index in [1.165, 1.54) is 16.7 Å². The quantitative estimate of drug-likeness (QED) is 0.452. The van der Waals surface area contributed by atoms with E-state index in [0.717, 1.165) is 8.90 Å². The van der Waals surface area contributed by atoms with Crippen LogP contribution in [0.15, 0.2) is 53.0 Å². The molecule has 2 aromatic carbocycles. The third-order valence-electron chi connectivity index (χ3n) is 3.02. The zero-order chi connectivity index (χ0) is 13.7. The van der Waals surface area contributed by atoms with Gasteiger partial charge in [0.1, 0.15) is 0 Å². The number of benzene rings is 2. The maximum atomic E-state index is 6.07. The van der Waals surface area contributed by atoms with Gasteiger partial charge in [0.25, 0.3) is 0 Å². The van der Waals surface area contributed by atoms with Crippen LogP contribution in [-0.2, 0) is 11.3 Å². The van der Waals surface area contributed by atoms with E-state index in [1.807, 2.05) is 12.1 Å². The van der Waals surface area contributed by atoms with Crippen molar-refractivity contribution < 1.29 is 4.74 Å². The molecule has 3 heteroatoms. The zero-order valence-electron chi connectivity index (χ0n) is 10.8. The molecule has 0 aliphatic rings. The predicted octanol–water partition coefficient (Wildman–Crippen LogP) is 5.45. The first-order chi connectivity index (χ1) is 9.20. The summed E-state index contributed by atoms with van der Waals surface area (Å²) in [6, 6.07) is 16.7. The third kappa shape index (κ3) is 4.29. The van der Waals surface area contributed by atoms with Crippen molar-refractivity contribution in [2.24, 2.45) is 0 Å². The number of halogens is 2. The summed E-state index contributed by atoms with van der Waals surface area (Å²) in [5, 5.41) is 0. The molecule has 0 radical (unpaired) electrons. The van der Waals surface area contributed by atoms with Crippen LogP contribution in [0.1, 0.15) is 22.8 Å². The van der Waals surface area contributed by atoms with Crippen LogP contribution in [0.4, 0.5) is 0 Å². The molecule has 0 amide bonds. The van der Waals surface area contributed by atoms with Crippen LogP contribution in [0.3, 0.4) is 0 Å². The van der Waals surface area contributed by atoms with Gasteiger partial charge in [0.2, 0.25) is 0 Å². The molecule has 0 aliphatic heterocycles. The van der Waals surface area contributed by atoms with Gasteiger partial charge in [-0.05, 0) is 35.7 Å². The Hall–Kier alpha value is -0.390. The monoisotopic (exact) mass is 430 g/mol. The molecule has 0 saturated carbocycles. The van der Waals surface area contributed by atoms with Crippen molar-refractivity contribution in [2.45, 2.75) is 19.6 Å². The SMILES string of the molecule is Cc1ccccc1C(CI)OCc1cccc(Br)c1. The highest BCUT2D eigenvalue weighted by molar-refractivity contribution is 14.1. The molecule has 1 unspecified atom stereocenters. The van der Waals surface area contributed by atoms with Crippen LogP contribution in [0.2, 0.25) is 0 Å². The second-order valence-electron chi connectivity index (χ2n) is 4.44. The molecule has 2 rings (SSSR count). The minimum Gasteiger partial charge on any atom is -0.368 e. The maximum absolute atomic E-state index is 6.07. The van der Waals surface area contributed by atoms with E-state index in [4.69, 9.17) is 4.74 Å². The molecule has 0 aliphatic carbocycles. The van der Waals surface area contributed by atoms with E-state index < -0.39 is 0 Å². The lowest BCUT2D eigenvalue weighted by Crippen LogP contribution is -2.07. The molecule has 0 heterocycles. The van der Waals surface area contributed by atoms with Crippen LogP contribution in [0.25, 0.3) is 0 Å². The smallest absolute Gasteiger partial charge is 0.0921 e. The van der Waals surface area contributed by atoms with Gasteiger partial charge in [-0.2, -0.15) is 0 Å². The second-order valence-corrected chi connectivity index (χ2v) is 6.24. The Kier molecular flexibility index (Phi) is 5.85. The van der Waals surface area contributed by atoms with Gasteiger partial charge in [-0.15, -0.1) is 0 Å². The van der Waals surface area contributed by atoms with Crippen molar-refractivity contribution >= 4 is 38.5 Å². The Bertz CT molecular complexity index is 542. The van der Waals surface area contributed by atoms with E-state index in [1.54, 1.807) is 0 Å². The summed E-state index contributed by atoms with van der Waals surface area (Å²) in [7, 11) is 0. The minimum atomic E-state index is 0.154. The number of rotatable bonds is 5. The predicted molar refractivity (Wildman–Crippen MR) is 91.7 cm³/mol. The van der Waals surface area contributed by atoms with Crippen LogP contribution in [-0.4, -0.2) is 4.43 Å². The normalized spacial score (nSPS) is 12.4. The molecule has 0 saturated heterocycles. The summed E-state index contributed by atoms with van der Waals surface area (Å²) in [5.74, 6) is 0. The van der Waals surface area contributed by atoms with Crippen LogP contribution >= 0.6 is 38.5 Å². The Morgan fingerprint density at radius 1 is 1.16 bits per heavy atom. The Balaban J connectivity index is 2.06. The highest BCUT2D eigenvalue weighted by Gasteiger charge is 2.12. The summed E-state index contributed by atoms with van der Waals surface area (Å²) in [6.07, 6.45) is 0.154. The van der Waals surface area contributed by atoms with E-state index in [2.05, 4.69) is 81.8 Å². The Morgan fingerprint density at radius 2 is 1.95 bits per heavy atom. The molecule has 2 aromatic rings. The maximum Gasteiger partial charge on any atom is 0.0921 e. The van der Waals surface area contributed by atoms with Crippen LogP contribution in [0.5, 0.6) is 0 Å². The van der Waals surface area contributed by atoms with Gasteiger partial charge in [-0.25, -0.2) is 0 Å². The van der Waals surface area contributed by atoms with Gasteiger partial charge in [0.05, 0.1) is 12.7 Å². The number of alkyl halides is 1. The van der Waals surface area contributed by atoms with Gasteiger partial charge in [-0.3, -0.25) is 0 Å². The molecule has 0 aromatic heterocycles. The second kappa shape index (κ2) is 7.41. The van der Waals surface area contributed by atoms with Gasteiger partial charge >= 0.3 is 0 Å². The summed E-state index contributed by atoms with van der Waals surface area (Å²) in [6.45, 7) is 2.78. The van der Waals surface area contributed by atoms with E-state index in [9.17, 15) is 0 Å². The lowest BCUT2D eigenvalue weighted by atomic mass is 10.0. The lowest BCUT2D eigenvalue weighted by molar-refractivity contribution is 0.0573. The highest BCUT2D eigenvalue weighted by Crippen LogP contribution is 2.25. The summed E-state index contributed by atoms with van der Waals surface area (Å²) >= 11 is 5.87. The molecular weight excluding hydrogens is 415 g/mol. The van der Waals surface area contributed by atoms with Crippen molar-refractivity contribution in [2.75, 3.05) is 4.43 Å². The van der Waals surface area contributed by atoms with Gasteiger partial charge in [-0.1, -0.05) is 74.9 Å². The van der Waals surface area contributed by atoms with Gasteiger partial charge in [0.15, 0.2) is 0 Å².